The Bertz CT molecular complexity index is 545. The lowest BCUT2D eigenvalue weighted by molar-refractivity contribution is -0.154. The average molecular weight is 307 g/mol. The van der Waals surface area contributed by atoms with Crippen LogP contribution in [0.2, 0.25) is 0 Å². The molecule has 1 saturated heterocycles. The number of nitrogens with zero attached hydrogens (tertiary/aromatic N) is 1. The quantitative estimate of drug-likeness (QED) is 0.858. The molecule has 1 aromatic rings. The number of aliphatic carboxylic acids is 1. The van der Waals surface area contributed by atoms with E-state index in [1.54, 1.807) is 19.1 Å². The first-order valence-electron chi connectivity index (χ1n) is 7.28. The highest BCUT2D eigenvalue weighted by Crippen LogP contribution is 2.22. The normalized spacial score (nSPS) is 20.6. The molecule has 2 rings (SSSR count). The average Bonchev–Trinajstić information content (AvgIpc) is 3.02. The van der Waals surface area contributed by atoms with Gasteiger partial charge in [0.15, 0.2) is 6.10 Å². The van der Waals surface area contributed by atoms with Crippen molar-refractivity contribution in [2.24, 2.45) is 0 Å². The van der Waals surface area contributed by atoms with Gasteiger partial charge < -0.3 is 19.5 Å². The van der Waals surface area contributed by atoms with E-state index >= 15 is 0 Å². The van der Waals surface area contributed by atoms with Gasteiger partial charge in [-0.15, -0.1) is 0 Å². The van der Waals surface area contributed by atoms with Crippen molar-refractivity contribution < 1.29 is 24.2 Å². The Balaban J connectivity index is 1.88. The van der Waals surface area contributed by atoms with Crippen molar-refractivity contribution in [1.29, 1.82) is 0 Å². The van der Waals surface area contributed by atoms with Crippen LogP contribution in [0, 0.1) is 0 Å². The van der Waals surface area contributed by atoms with Crippen LogP contribution in [0.5, 0.6) is 5.75 Å². The minimum atomic E-state index is -1.01. The van der Waals surface area contributed by atoms with E-state index in [2.05, 4.69) is 0 Å². The van der Waals surface area contributed by atoms with Crippen LogP contribution in [0.1, 0.15) is 18.4 Å². The number of methoxy groups -OCH3 is 1. The molecular weight excluding hydrogens is 286 g/mol. The number of rotatable bonds is 6. The van der Waals surface area contributed by atoms with Crippen LogP contribution in [-0.2, 0) is 20.7 Å². The van der Waals surface area contributed by atoms with Crippen LogP contribution in [0.15, 0.2) is 24.3 Å². The third-order valence-corrected chi connectivity index (χ3v) is 3.86. The summed E-state index contributed by atoms with van der Waals surface area (Å²) < 4.78 is 10.6. The number of carboxylic acids is 1. The standard InChI is InChI=1S/C16H21NO5/c1-17(10-9-11-5-3-4-6-12(11)21-2)15(18)13-7-8-14(22-13)16(19)20/h3-6,13-14H,7-10H2,1-2H3,(H,19,20)/t13-,14+/m0/s1. The first-order valence-corrected chi connectivity index (χ1v) is 7.28. The molecule has 1 fully saturated rings. The first-order chi connectivity index (χ1) is 10.5. The molecule has 22 heavy (non-hydrogen) atoms. The summed E-state index contributed by atoms with van der Waals surface area (Å²) in [5, 5.41) is 8.90. The third-order valence-electron chi connectivity index (χ3n) is 3.86. The molecule has 0 aromatic heterocycles. The number of likely N-dealkylation sites (N-methyl/N-ethyl adjacent to an activating group) is 1. The highest BCUT2D eigenvalue weighted by atomic mass is 16.5. The summed E-state index contributed by atoms with van der Waals surface area (Å²) in [5.74, 6) is -0.378. The molecule has 0 radical (unpaired) electrons. The summed E-state index contributed by atoms with van der Waals surface area (Å²) >= 11 is 0. The third kappa shape index (κ3) is 3.76. The monoisotopic (exact) mass is 307 g/mol. The molecule has 6 heteroatoms. The van der Waals surface area contributed by atoms with E-state index in [1.165, 1.54) is 0 Å². The maximum atomic E-state index is 12.3. The van der Waals surface area contributed by atoms with Gasteiger partial charge in [-0.2, -0.15) is 0 Å². The Morgan fingerprint density at radius 2 is 2.00 bits per heavy atom. The Morgan fingerprint density at radius 3 is 2.64 bits per heavy atom. The molecule has 0 unspecified atom stereocenters. The van der Waals surface area contributed by atoms with Gasteiger partial charge >= 0.3 is 5.97 Å². The van der Waals surface area contributed by atoms with Crippen LogP contribution in [0.4, 0.5) is 0 Å². The summed E-state index contributed by atoms with van der Waals surface area (Å²) in [7, 11) is 3.32. The second-order valence-corrected chi connectivity index (χ2v) is 5.35. The topological polar surface area (TPSA) is 76.1 Å². The van der Waals surface area contributed by atoms with Crippen LogP contribution in [-0.4, -0.2) is 54.8 Å². The Labute approximate surface area is 129 Å². The van der Waals surface area contributed by atoms with Gasteiger partial charge in [0, 0.05) is 13.6 Å². The van der Waals surface area contributed by atoms with Gasteiger partial charge in [-0.25, -0.2) is 4.79 Å². The highest BCUT2D eigenvalue weighted by molar-refractivity contribution is 5.82. The van der Waals surface area contributed by atoms with Gasteiger partial charge in [-0.3, -0.25) is 4.79 Å². The minimum absolute atomic E-state index is 0.168. The van der Waals surface area contributed by atoms with Gasteiger partial charge in [0.25, 0.3) is 5.91 Å². The van der Waals surface area contributed by atoms with Crippen LogP contribution in [0.3, 0.4) is 0 Å². The lowest BCUT2D eigenvalue weighted by Crippen LogP contribution is -2.38. The Kier molecular flexibility index (Phi) is 5.38. The van der Waals surface area contributed by atoms with Crippen molar-refractivity contribution in [1.82, 2.24) is 4.90 Å². The molecule has 0 spiro atoms. The van der Waals surface area contributed by atoms with Crippen LogP contribution < -0.4 is 4.74 Å². The fourth-order valence-electron chi connectivity index (χ4n) is 2.55. The lowest BCUT2D eigenvalue weighted by atomic mass is 10.1. The summed E-state index contributed by atoms with van der Waals surface area (Å²) in [6, 6.07) is 7.67. The van der Waals surface area contributed by atoms with Crippen molar-refractivity contribution in [3.63, 3.8) is 0 Å². The molecule has 1 aliphatic heterocycles. The number of hydrogen-bond acceptors (Lipinski definition) is 4. The highest BCUT2D eigenvalue weighted by Gasteiger charge is 2.35. The zero-order chi connectivity index (χ0) is 16.1. The van der Waals surface area contributed by atoms with Crippen molar-refractivity contribution in [2.75, 3.05) is 20.7 Å². The zero-order valence-corrected chi connectivity index (χ0v) is 12.8. The Morgan fingerprint density at radius 1 is 1.32 bits per heavy atom. The molecule has 1 aromatic carbocycles. The predicted octanol–water partition coefficient (Wildman–Crippen LogP) is 1.33. The maximum Gasteiger partial charge on any atom is 0.332 e. The zero-order valence-electron chi connectivity index (χ0n) is 12.8. The molecule has 1 N–H and O–H groups in total. The fraction of sp³-hybridized carbons (Fsp3) is 0.500. The van der Waals surface area contributed by atoms with Gasteiger partial charge in [0.05, 0.1) is 7.11 Å². The van der Waals surface area contributed by atoms with E-state index in [-0.39, 0.29) is 5.91 Å². The van der Waals surface area contributed by atoms with E-state index in [0.717, 1.165) is 11.3 Å². The maximum absolute atomic E-state index is 12.3. The molecule has 0 saturated carbocycles. The molecule has 0 bridgehead atoms. The van der Waals surface area contributed by atoms with Crippen molar-refractivity contribution in [3.05, 3.63) is 29.8 Å². The Hall–Kier alpha value is -2.08. The van der Waals surface area contributed by atoms with E-state index in [0.29, 0.717) is 25.8 Å². The number of carboxylic acid groups (broad SMARTS) is 1. The van der Waals surface area contributed by atoms with E-state index in [9.17, 15) is 9.59 Å². The number of hydrogen-bond donors (Lipinski definition) is 1. The lowest BCUT2D eigenvalue weighted by Gasteiger charge is -2.21. The number of ether oxygens (including phenoxy) is 2. The molecule has 1 amide bonds. The molecule has 0 aliphatic carbocycles. The number of benzene rings is 1. The number of carbonyl (C=O) groups is 2. The summed E-state index contributed by atoms with van der Waals surface area (Å²) in [6.45, 7) is 0.525. The van der Waals surface area contributed by atoms with E-state index in [1.807, 2.05) is 24.3 Å². The summed E-state index contributed by atoms with van der Waals surface area (Å²) in [6.07, 6.45) is -0.0114. The second kappa shape index (κ2) is 7.26. The van der Waals surface area contributed by atoms with Gasteiger partial charge in [0.1, 0.15) is 11.9 Å². The largest absolute Gasteiger partial charge is 0.496 e. The van der Waals surface area contributed by atoms with E-state index < -0.39 is 18.2 Å². The second-order valence-electron chi connectivity index (χ2n) is 5.35. The molecule has 1 aliphatic rings. The minimum Gasteiger partial charge on any atom is -0.496 e. The summed E-state index contributed by atoms with van der Waals surface area (Å²) in [4.78, 5) is 24.7. The van der Waals surface area contributed by atoms with Gasteiger partial charge in [-0.05, 0) is 30.9 Å². The summed E-state index contributed by atoms with van der Waals surface area (Å²) in [5.41, 5.74) is 1.03. The molecule has 1 heterocycles. The van der Waals surface area contributed by atoms with E-state index in [4.69, 9.17) is 14.6 Å². The number of carbonyl (C=O) groups excluding carboxylic acids is 1. The smallest absolute Gasteiger partial charge is 0.332 e. The van der Waals surface area contributed by atoms with Crippen molar-refractivity contribution in [2.45, 2.75) is 31.5 Å². The fourth-order valence-corrected chi connectivity index (χ4v) is 2.55. The molecular formula is C16H21NO5. The molecule has 2 atom stereocenters. The number of amides is 1. The van der Waals surface area contributed by atoms with Crippen molar-refractivity contribution in [3.8, 4) is 5.75 Å². The molecule has 120 valence electrons. The van der Waals surface area contributed by atoms with Crippen LogP contribution >= 0.6 is 0 Å². The SMILES string of the molecule is COc1ccccc1CCN(C)C(=O)[C@@H]1CC[C@H](C(=O)O)O1. The van der Waals surface area contributed by atoms with Gasteiger partial charge in [-0.1, -0.05) is 18.2 Å². The van der Waals surface area contributed by atoms with Gasteiger partial charge in [0.2, 0.25) is 0 Å². The predicted molar refractivity (Wildman–Crippen MR) is 79.9 cm³/mol. The van der Waals surface area contributed by atoms with Crippen molar-refractivity contribution >= 4 is 11.9 Å². The molecule has 6 nitrogen and oxygen atoms in total. The first kappa shape index (κ1) is 16.3. The van der Waals surface area contributed by atoms with Crippen LogP contribution in [0.25, 0.3) is 0 Å². The number of para-hydroxylation sites is 1.